The van der Waals surface area contributed by atoms with E-state index in [0.29, 0.717) is 0 Å². The molecule has 124 valence electrons. The third kappa shape index (κ3) is 1.86. The van der Waals surface area contributed by atoms with Crippen LogP contribution in [0.2, 0.25) is 0 Å². The van der Waals surface area contributed by atoms with Gasteiger partial charge in [0.2, 0.25) is 0 Å². The fourth-order valence-corrected chi connectivity index (χ4v) is 4.59. The van der Waals surface area contributed by atoms with E-state index in [4.69, 9.17) is 8.83 Å². The van der Waals surface area contributed by atoms with E-state index in [9.17, 15) is 0 Å². The summed E-state index contributed by atoms with van der Waals surface area (Å²) in [7, 11) is 0. The molecule has 0 unspecified atom stereocenters. The van der Waals surface area contributed by atoms with Gasteiger partial charge in [-0.2, -0.15) is 0 Å². The zero-order valence-electron chi connectivity index (χ0n) is 13.3. The highest BCUT2D eigenvalue weighted by Gasteiger charge is 2.20. The van der Waals surface area contributed by atoms with Crippen LogP contribution in [0.4, 0.5) is 0 Å². The second kappa shape index (κ2) is 5.12. The molecule has 0 aliphatic rings. The fraction of sp³-hybridized carbons (Fsp3) is 0. The summed E-state index contributed by atoms with van der Waals surface area (Å²) in [6.45, 7) is 0. The number of halogens is 2. The normalized spacial score (nSPS) is 12.2. The van der Waals surface area contributed by atoms with Gasteiger partial charge in [-0.25, -0.2) is 0 Å². The van der Waals surface area contributed by atoms with E-state index in [1.54, 1.807) is 0 Å². The minimum atomic E-state index is 0.805. The van der Waals surface area contributed by atoms with Gasteiger partial charge in [-0.15, -0.1) is 0 Å². The van der Waals surface area contributed by atoms with Crippen molar-refractivity contribution in [1.29, 1.82) is 0 Å². The molecule has 2 aromatic heterocycles. The summed E-state index contributed by atoms with van der Waals surface area (Å²) in [5.74, 6) is 0. The molecule has 0 saturated heterocycles. The highest BCUT2D eigenvalue weighted by atomic mass is 79.9. The summed E-state index contributed by atoms with van der Waals surface area (Å²) in [4.78, 5) is 0. The van der Waals surface area contributed by atoms with E-state index >= 15 is 0 Å². The number of furan rings is 2. The molecule has 2 heterocycles. The van der Waals surface area contributed by atoms with Gasteiger partial charge in [-0.05, 0) is 47.2 Å². The molecular formula is C22H10Br2O2. The lowest BCUT2D eigenvalue weighted by atomic mass is 9.99. The standard InChI is InChI=1S/C22H10Br2O2/c23-11-5-7-15-17(9-11)25-21-19(15)13-3-1-2-4-14(13)20-16-8-6-12(24)10-18(16)26-22(20)21/h1-10H. The maximum absolute atomic E-state index is 6.28. The molecule has 0 spiro atoms. The van der Waals surface area contributed by atoms with Crippen molar-refractivity contribution in [2.24, 2.45) is 0 Å². The quantitative estimate of drug-likeness (QED) is 0.226. The van der Waals surface area contributed by atoms with E-state index in [-0.39, 0.29) is 0 Å². The van der Waals surface area contributed by atoms with Crippen molar-refractivity contribution in [2.45, 2.75) is 0 Å². The largest absolute Gasteiger partial charge is 0.452 e. The van der Waals surface area contributed by atoms with Crippen LogP contribution in [0.3, 0.4) is 0 Å². The van der Waals surface area contributed by atoms with Gasteiger partial charge in [0, 0.05) is 30.5 Å². The van der Waals surface area contributed by atoms with E-state index < -0.39 is 0 Å². The van der Waals surface area contributed by atoms with Gasteiger partial charge in [0.05, 0.1) is 0 Å². The predicted molar refractivity (Wildman–Crippen MR) is 114 cm³/mol. The average Bonchev–Trinajstić information content (AvgIpc) is 3.19. The summed E-state index contributed by atoms with van der Waals surface area (Å²) in [6, 6.07) is 20.8. The Kier molecular flexibility index (Phi) is 2.92. The molecule has 0 N–H and O–H groups in total. The predicted octanol–water partition coefficient (Wildman–Crippen LogP) is 8.16. The molecule has 4 aromatic carbocycles. The van der Waals surface area contributed by atoms with E-state index in [1.807, 2.05) is 24.3 Å². The third-order valence-corrected chi connectivity index (χ3v) is 5.96. The van der Waals surface area contributed by atoms with Crippen LogP contribution < -0.4 is 0 Å². The number of benzene rings is 4. The molecule has 6 rings (SSSR count). The van der Waals surface area contributed by atoms with Gasteiger partial charge < -0.3 is 8.83 Å². The van der Waals surface area contributed by atoms with Gasteiger partial charge in [-0.1, -0.05) is 56.1 Å². The second-order valence-corrected chi connectivity index (χ2v) is 8.27. The van der Waals surface area contributed by atoms with E-state index in [0.717, 1.165) is 52.8 Å². The topological polar surface area (TPSA) is 26.3 Å². The summed E-state index contributed by atoms with van der Waals surface area (Å²) < 4.78 is 14.6. The summed E-state index contributed by atoms with van der Waals surface area (Å²) in [5.41, 5.74) is 3.32. The number of hydrogen-bond acceptors (Lipinski definition) is 2. The molecule has 0 aliphatic heterocycles. The maximum Gasteiger partial charge on any atom is 0.179 e. The number of fused-ring (bicyclic) bond motifs is 10. The molecular weight excluding hydrogens is 456 g/mol. The van der Waals surface area contributed by atoms with Gasteiger partial charge in [0.15, 0.2) is 11.2 Å². The first kappa shape index (κ1) is 14.8. The summed E-state index contributed by atoms with van der Waals surface area (Å²) in [5, 5.41) is 6.77. The smallest absolute Gasteiger partial charge is 0.179 e. The first-order valence-corrected chi connectivity index (χ1v) is 9.83. The van der Waals surface area contributed by atoms with Gasteiger partial charge in [0.1, 0.15) is 11.2 Å². The lowest BCUT2D eigenvalue weighted by molar-refractivity contribution is 0.633. The molecule has 2 nitrogen and oxygen atoms in total. The fourth-order valence-electron chi connectivity index (χ4n) is 3.91. The summed E-state index contributed by atoms with van der Waals surface area (Å²) >= 11 is 7.07. The summed E-state index contributed by atoms with van der Waals surface area (Å²) in [6.07, 6.45) is 0. The van der Waals surface area contributed by atoms with Crippen molar-refractivity contribution in [3.63, 3.8) is 0 Å². The lowest BCUT2D eigenvalue weighted by Gasteiger charge is -2.02. The molecule has 0 bridgehead atoms. The lowest BCUT2D eigenvalue weighted by Crippen LogP contribution is -1.77. The highest BCUT2D eigenvalue weighted by Crippen LogP contribution is 2.45. The molecule has 0 aliphatic carbocycles. The maximum atomic E-state index is 6.28. The zero-order chi connectivity index (χ0) is 17.4. The molecule has 0 amide bonds. The first-order chi connectivity index (χ1) is 12.7. The van der Waals surface area contributed by atoms with Crippen LogP contribution in [0.25, 0.3) is 54.6 Å². The number of hydrogen-bond donors (Lipinski definition) is 0. The Labute approximate surface area is 164 Å². The van der Waals surface area contributed by atoms with Crippen LogP contribution >= 0.6 is 31.9 Å². The van der Waals surface area contributed by atoms with Crippen molar-refractivity contribution < 1.29 is 8.83 Å². The third-order valence-electron chi connectivity index (χ3n) is 4.98. The minimum Gasteiger partial charge on any atom is -0.452 e. The average molecular weight is 466 g/mol. The highest BCUT2D eigenvalue weighted by molar-refractivity contribution is 9.10. The van der Waals surface area contributed by atoms with Gasteiger partial charge in [0.25, 0.3) is 0 Å². The molecule has 0 radical (unpaired) electrons. The second-order valence-electron chi connectivity index (χ2n) is 6.44. The Balaban J connectivity index is 2.00. The Morgan fingerprint density at radius 2 is 1.00 bits per heavy atom. The van der Waals surface area contributed by atoms with Crippen LogP contribution in [-0.4, -0.2) is 0 Å². The Bertz CT molecular complexity index is 1390. The molecule has 0 saturated carbocycles. The van der Waals surface area contributed by atoms with Crippen LogP contribution in [0.5, 0.6) is 0 Å². The van der Waals surface area contributed by atoms with Crippen LogP contribution in [0, 0.1) is 0 Å². The monoisotopic (exact) mass is 464 g/mol. The zero-order valence-corrected chi connectivity index (χ0v) is 16.5. The SMILES string of the molecule is Brc1ccc2c(c1)oc1c3oc4cc(Br)ccc4c3c3ccccc3c21. The number of rotatable bonds is 0. The van der Waals surface area contributed by atoms with E-state index in [2.05, 4.69) is 68.3 Å². The Hall–Kier alpha value is -2.30. The van der Waals surface area contributed by atoms with Gasteiger partial charge in [-0.3, -0.25) is 0 Å². The molecule has 6 aromatic rings. The molecule has 0 atom stereocenters. The van der Waals surface area contributed by atoms with Crippen molar-refractivity contribution in [2.75, 3.05) is 0 Å². The molecule has 0 fully saturated rings. The first-order valence-electron chi connectivity index (χ1n) is 8.25. The Morgan fingerprint density at radius 1 is 0.538 bits per heavy atom. The molecule has 26 heavy (non-hydrogen) atoms. The van der Waals surface area contributed by atoms with Crippen LogP contribution in [0.15, 0.2) is 78.4 Å². The van der Waals surface area contributed by atoms with Crippen molar-refractivity contribution in [1.82, 2.24) is 0 Å². The van der Waals surface area contributed by atoms with Crippen LogP contribution in [-0.2, 0) is 0 Å². The van der Waals surface area contributed by atoms with Crippen molar-refractivity contribution >= 4 is 86.5 Å². The van der Waals surface area contributed by atoms with Gasteiger partial charge >= 0.3 is 0 Å². The van der Waals surface area contributed by atoms with Crippen molar-refractivity contribution in [3.05, 3.63) is 69.6 Å². The van der Waals surface area contributed by atoms with E-state index in [1.165, 1.54) is 10.8 Å². The minimum absolute atomic E-state index is 0.805. The van der Waals surface area contributed by atoms with Crippen molar-refractivity contribution in [3.8, 4) is 0 Å². The molecule has 4 heteroatoms. The Morgan fingerprint density at radius 3 is 1.46 bits per heavy atom. The van der Waals surface area contributed by atoms with Crippen LogP contribution in [0.1, 0.15) is 0 Å².